The summed E-state index contributed by atoms with van der Waals surface area (Å²) in [5, 5.41) is 0. The molecule has 138 valence electrons. The Morgan fingerprint density at radius 1 is 0.433 bits per heavy atom. The quantitative estimate of drug-likeness (QED) is 0.478. The van der Waals surface area contributed by atoms with Crippen LogP contribution in [0.4, 0.5) is 0 Å². The van der Waals surface area contributed by atoms with Crippen molar-refractivity contribution in [3.63, 3.8) is 0 Å². The van der Waals surface area contributed by atoms with E-state index in [4.69, 9.17) is 34.2 Å². The largest absolute Gasteiger partial charge is 0.208 e. The van der Waals surface area contributed by atoms with E-state index < -0.39 is 0 Å². The van der Waals surface area contributed by atoms with Crippen LogP contribution in [-0.4, -0.2) is 15.0 Å². The van der Waals surface area contributed by atoms with E-state index in [9.17, 15) is 0 Å². The molecule has 0 aliphatic heterocycles. The predicted molar refractivity (Wildman–Crippen MR) is 120 cm³/mol. The fraction of sp³-hybridized carbons (Fsp3) is 0. The maximum absolute atomic E-state index is 5.70. The van der Waals surface area contributed by atoms with Gasteiger partial charge in [-0.15, -0.1) is 19.3 Å². The third-order valence-electron chi connectivity index (χ3n) is 4.61. The summed E-state index contributed by atoms with van der Waals surface area (Å²) in [5.74, 6) is 9.46. The van der Waals surface area contributed by atoms with Crippen LogP contribution >= 0.6 is 0 Å². The van der Waals surface area contributed by atoms with Gasteiger partial charge in [-0.3, -0.25) is 0 Å². The van der Waals surface area contributed by atoms with Gasteiger partial charge in [0.05, 0.1) is 0 Å². The van der Waals surface area contributed by atoms with Crippen molar-refractivity contribution in [2.24, 2.45) is 0 Å². The minimum absolute atomic E-state index is 0.460. The molecule has 4 rings (SSSR count). The van der Waals surface area contributed by atoms with Crippen molar-refractivity contribution in [2.75, 3.05) is 0 Å². The number of rotatable bonds is 3. The molecule has 4 aromatic rings. The highest BCUT2D eigenvalue weighted by atomic mass is 15.0. The van der Waals surface area contributed by atoms with Gasteiger partial charge < -0.3 is 0 Å². The molecule has 0 aliphatic carbocycles. The van der Waals surface area contributed by atoms with Gasteiger partial charge in [0.15, 0.2) is 17.5 Å². The Labute approximate surface area is 175 Å². The normalized spacial score (nSPS) is 9.90. The first kappa shape index (κ1) is 18.7. The van der Waals surface area contributed by atoms with E-state index in [1.165, 1.54) is 0 Å². The Balaban J connectivity index is 2.04. The van der Waals surface area contributed by atoms with Crippen LogP contribution in [0.5, 0.6) is 0 Å². The molecule has 3 aromatic carbocycles. The highest BCUT2D eigenvalue weighted by Crippen LogP contribution is 2.28. The number of nitrogens with zero attached hydrogens (tertiary/aromatic N) is 3. The van der Waals surface area contributed by atoms with Gasteiger partial charge in [0.25, 0.3) is 0 Å². The number of terminal acetylenes is 3. The maximum atomic E-state index is 5.70. The van der Waals surface area contributed by atoms with Gasteiger partial charge in [-0.25, -0.2) is 15.0 Å². The van der Waals surface area contributed by atoms with Crippen LogP contribution in [0.15, 0.2) is 72.8 Å². The zero-order valence-corrected chi connectivity index (χ0v) is 16.0. The van der Waals surface area contributed by atoms with Crippen LogP contribution in [0, 0.1) is 37.0 Å². The van der Waals surface area contributed by atoms with Gasteiger partial charge in [-0.2, -0.15) is 0 Å². The van der Waals surface area contributed by atoms with E-state index in [2.05, 4.69) is 17.8 Å². The topological polar surface area (TPSA) is 38.7 Å². The summed E-state index contributed by atoms with van der Waals surface area (Å²) in [6, 6.07) is 22.5. The second kappa shape index (κ2) is 8.15. The molecular formula is C27H15N3. The van der Waals surface area contributed by atoms with Crippen LogP contribution in [0.25, 0.3) is 34.2 Å². The monoisotopic (exact) mass is 381 g/mol. The van der Waals surface area contributed by atoms with Crippen molar-refractivity contribution >= 4 is 0 Å². The predicted octanol–water partition coefficient (Wildman–Crippen LogP) is 4.82. The second-order valence-corrected chi connectivity index (χ2v) is 6.38. The minimum Gasteiger partial charge on any atom is -0.208 e. The summed E-state index contributed by atoms with van der Waals surface area (Å²) < 4.78 is 0. The Morgan fingerprint density at radius 2 is 0.700 bits per heavy atom. The Morgan fingerprint density at radius 3 is 0.967 bits per heavy atom. The number of benzene rings is 3. The fourth-order valence-electron chi connectivity index (χ4n) is 3.15. The van der Waals surface area contributed by atoms with Crippen molar-refractivity contribution < 1.29 is 0 Å². The molecule has 0 aliphatic rings. The fourth-order valence-corrected chi connectivity index (χ4v) is 3.15. The number of hydrogen-bond acceptors (Lipinski definition) is 3. The first-order valence-corrected chi connectivity index (χ1v) is 9.19. The van der Waals surface area contributed by atoms with E-state index in [-0.39, 0.29) is 0 Å². The van der Waals surface area contributed by atoms with E-state index in [1.807, 2.05) is 72.8 Å². The number of aromatic nitrogens is 3. The molecule has 1 heterocycles. The summed E-state index contributed by atoms with van der Waals surface area (Å²) in [6.45, 7) is 0. The molecule has 30 heavy (non-hydrogen) atoms. The summed E-state index contributed by atoms with van der Waals surface area (Å²) in [5.41, 5.74) is 4.28. The molecule has 0 amide bonds. The van der Waals surface area contributed by atoms with Gasteiger partial charge in [0.2, 0.25) is 0 Å². The van der Waals surface area contributed by atoms with Gasteiger partial charge in [0, 0.05) is 33.4 Å². The molecule has 0 spiro atoms. The van der Waals surface area contributed by atoms with Gasteiger partial charge in [-0.1, -0.05) is 54.2 Å². The van der Waals surface area contributed by atoms with Crippen molar-refractivity contribution in [1.29, 1.82) is 0 Å². The molecule has 3 heteroatoms. The molecule has 1 aromatic heterocycles. The minimum atomic E-state index is 0.460. The van der Waals surface area contributed by atoms with Crippen LogP contribution in [0.3, 0.4) is 0 Å². The lowest BCUT2D eigenvalue weighted by atomic mass is 10.0. The highest BCUT2D eigenvalue weighted by molar-refractivity contribution is 5.74. The third kappa shape index (κ3) is 3.43. The summed E-state index contributed by atoms with van der Waals surface area (Å²) >= 11 is 0. The Bertz CT molecular complexity index is 1200. The molecule has 0 bridgehead atoms. The Kier molecular flexibility index (Phi) is 5.08. The lowest BCUT2D eigenvalue weighted by molar-refractivity contribution is 1.07. The molecule has 0 fully saturated rings. The van der Waals surface area contributed by atoms with Gasteiger partial charge in [-0.05, 0) is 36.4 Å². The van der Waals surface area contributed by atoms with Crippen molar-refractivity contribution in [3.05, 3.63) is 89.5 Å². The van der Waals surface area contributed by atoms with E-state index in [1.54, 1.807) is 0 Å². The summed E-state index contributed by atoms with van der Waals surface area (Å²) in [4.78, 5) is 14.1. The average Bonchev–Trinajstić information content (AvgIpc) is 2.83. The van der Waals surface area contributed by atoms with Crippen molar-refractivity contribution in [2.45, 2.75) is 0 Å². The molecule has 0 saturated heterocycles. The van der Waals surface area contributed by atoms with Crippen LogP contribution in [0.1, 0.15) is 16.7 Å². The standard InChI is InChI=1S/C27H15N3/c1-4-19-13-7-10-16-22(19)25-28-26(23-17-11-8-14-20(23)5-2)30-27(29-25)24-18-12-9-15-21(24)6-3/h1-3,7-18H. The molecule has 0 N–H and O–H groups in total. The smallest absolute Gasteiger partial charge is 0.165 e. The van der Waals surface area contributed by atoms with Gasteiger partial charge >= 0.3 is 0 Å². The summed E-state index contributed by atoms with van der Waals surface area (Å²) in [7, 11) is 0. The first-order chi connectivity index (χ1) is 14.7. The first-order valence-electron chi connectivity index (χ1n) is 9.19. The SMILES string of the molecule is C#Cc1ccccc1-c1nc(-c2ccccc2C#C)nc(-c2ccccc2C#C)n1. The lowest BCUT2D eigenvalue weighted by Gasteiger charge is -2.11. The Hall–Kier alpha value is -4.65. The molecule has 3 nitrogen and oxygen atoms in total. The average molecular weight is 381 g/mol. The van der Waals surface area contributed by atoms with E-state index >= 15 is 0 Å². The van der Waals surface area contributed by atoms with Crippen LogP contribution in [-0.2, 0) is 0 Å². The molecule has 0 atom stereocenters. The summed E-state index contributed by atoms with van der Waals surface area (Å²) in [6.07, 6.45) is 17.1. The van der Waals surface area contributed by atoms with Crippen molar-refractivity contribution in [1.82, 2.24) is 15.0 Å². The van der Waals surface area contributed by atoms with Crippen LogP contribution < -0.4 is 0 Å². The zero-order valence-electron chi connectivity index (χ0n) is 16.0. The van der Waals surface area contributed by atoms with Crippen LogP contribution in [0.2, 0.25) is 0 Å². The zero-order chi connectivity index (χ0) is 20.9. The highest BCUT2D eigenvalue weighted by Gasteiger charge is 2.16. The third-order valence-corrected chi connectivity index (χ3v) is 4.61. The van der Waals surface area contributed by atoms with E-state index in [0.29, 0.717) is 34.2 Å². The molecular weight excluding hydrogens is 366 g/mol. The number of hydrogen-bond donors (Lipinski definition) is 0. The maximum Gasteiger partial charge on any atom is 0.165 e. The second-order valence-electron chi connectivity index (χ2n) is 6.38. The van der Waals surface area contributed by atoms with Gasteiger partial charge in [0.1, 0.15) is 0 Å². The molecule has 0 radical (unpaired) electrons. The molecule has 0 saturated carbocycles. The lowest BCUT2D eigenvalue weighted by Crippen LogP contribution is -2.02. The van der Waals surface area contributed by atoms with Crippen molar-refractivity contribution in [3.8, 4) is 71.2 Å². The van der Waals surface area contributed by atoms with E-state index in [0.717, 1.165) is 16.7 Å². The molecule has 0 unspecified atom stereocenters.